The van der Waals surface area contributed by atoms with Gasteiger partial charge in [0.15, 0.2) is 4.34 Å². The molecule has 2 rings (SSSR count). The zero-order valence-electron chi connectivity index (χ0n) is 11.5. The number of rotatable bonds is 6. The molecule has 1 N–H and O–H groups in total. The van der Waals surface area contributed by atoms with E-state index in [-0.39, 0.29) is 5.56 Å². The molecule has 5 nitrogen and oxygen atoms in total. The first-order valence-electron chi connectivity index (χ1n) is 6.12. The molecule has 0 atom stereocenters. The summed E-state index contributed by atoms with van der Waals surface area (Å²) in [6.45, 7) is 3.59. The van der Waals surface area contributed by atoms with E-state index < -0.39 is 18.0 Å². The standard InChI is InChI=1S/C13H10F3N3O2S2/c1-2-7-22-12-19-18-11(23-12)17-10(20)8-3-5-9(6-4-8)21-13(14,15)16/h2-6H,1,7H2,(H,17,18,20). The van der Waals surface area contributed by atoms with Crippen LogP contribution in [0.1, 0.15) is 10.4 Å². The molecule has 1 aromatic carbocycles. The monoisotopic (exact) mass is 361 g/mol. The minimum Gasteiger partial charge on any atom is -0.406 e. The van der Waals surface area contributed by atoms with E-state index in [1.807, 2.05) is 0 Å². The number of benzene rings is 1. The number of amides is 1. The lowest BCUT2D eigenvalue weighted by molar-refractivity contribution is -0.274. The largest absolute Gasteiger partial charge is 0.573 e. The van der Waals surface area contributed by atoms with Crippen molar-refractivity contribution in [2.75, 3.05) is 11.1 Å². The van der Waals surface area contributed by atoms with E-state index >= 15 is 0 Å². The van der Waals surface area contributed by atoms with Crippen LogP contribution in [0.4, 0.5) is 18.3 Å². The summed E-state index contributed by atoms with van der Waals surface area (Å²) in [5.41, 5.74) is 0.176. The molecule has 0 aliphatic heterocycles. The van der Waals surface area contributed by atoms with Crippen LogP contribution in [0, 0.1) is 0 Å². The van der Waals surface area contributed by atoms with Gasteiger partial charge in [0, 0.05) is 11.3 Å². The third-order valence-electron chi connectivity index (χ3n) is 2.30. The van der Waals surface area contributed by atoms with Crippen LogP contribution in [0.3, 0.4) is 0 Å². The molecule has 10 heteroatoms. The van der Waals surface area contributed by atoms with Gasteiger partial charge in [-0.25, -0.2) is 0 Å². The Hall–Kier alpha value is -2.07. The first-order valence-corrected chi connectivity index (χ1v) is 7.92. The molecule has 23 heavy (non-hydrogen) atoms. The van der Waals surface area contributed by atoms with Crippen LogP contribution in [0.15, 0.2) is 41.3 Å². The van der Waals surface area contributed by atoms with Crippen LogP contribution in [-0.4, -0.2) is 28.2 Å². The van der Waals surface area contributed by atoms with Crippen LogP contribution < -0.4 is 10.1 Å². The maximum absolute atomic E-state index is 12.1. The van der Waals surface area contributed by atoms with Crippen LogP contribution in [0.25, 0.3) is 0 Å². The number of aromatic nitrogens is 2. The molecule has 0 spiro atoms. The van der Waals surface area contributed by atoms with E-state index in [0.29, 0.717) is 15.2 Å². The van der Waals surface area contributed by atoms with Crippen LogP contribution in [-0.2, 0) is 0 Å². The van der Waals surface area contributed by atoms with Gasteiger partial charge in [-0.1, -0.05) is 29.2 Å². The number of carbonyl (C=O) groups is 1. The maximum atomic E-state index is 12.1. The predicted molar refractivity (Wildman–Crippen MR) is 81.9 cm³/mol. The number of alkyl halides is 3. The van der Waals surface area contributed by atoms with E-state index in [4.69, 9.17) is 0 Å². The van der Waals surface area contributed by atoms with Crippen molar-refractivity contribution in [3.63, 3.8) is 0 Å². The highest BCUT2D eigenvalue weighted by molar-refractivity contribution is 8.01. The normalized spacial score (nSPS) is 11.1. The molecule has 1 aromatic heterocycles. The highest BCUT2D eigenvalue weighted by Gasteiger charge is 2.31. The van der Waals surface area contributed by atoms with Crippen molar-refractivity contribution in [3.8, 4) is 5.75 Å². The van der Waals surface area contributed by atoms with Crippen molar-refractivity contribution in [1.82, 2.24) is 10.2 Å². The first-order chi connectivity index (χ1) is 10.9. The van der Waals surface area contributed by atoms with Crippen molar-refractivity contribution in [1.29, 1.82) is 0 Å². The second kappa shape index (κ2) is 7.47. The van der Waals surface area contributed by atoms with Crippen LogP contribution >= 0.6 is 23.1 Å². The minimum absolute atomic E-state index is 0.176. The Balaban J connectivity index is 1.97. The average Bonchev–Trinajstić information content (AvgIpc) is 2.91. The van der Waals surface area contributed by atoms with E-state index in [9.17, 15) is 18.0 Å². The number of hydrogen-bond acceptors (Lipinski definition) is 6. The van der Waals surface area contributed by atoms with Gasteiger partial charge in [-0.05, 0) is 24.3 Å². The summed E-state index contributed by atoms with van der Waals surface area (Å²) in [6.07, 6.45) is -3.05. The number of thioether (sulfide) groups is 1. The van der Waals surface area contributed by atoms with Gasteiger partial charge in [0.2, 0.25) is 5.13 Å². The highest BCUT2D eigenvalue weighted by atomic mass is 32.2. The fourth-order valence-electron chi connectivity index (χ4n) is 1.43. The fraction of sp³-hybridized carbons (Fsp3) is 0.154. The van der Waals surface area contributed by atoms with Gasteiger partial charge in [0.05, 0.1) is 0 Å². The molecule has 0 saturated carbocycles. The second-order valence-corrected chi connectivity index (χ2v) is 6.24. The SMILES string of the molecule is C=CCSc1nnc(NC(=O)c2ccc(OC(F)(F)F)cc2)s1. The molecule has 0 aliphatic carbocycles. The summed E-state index contributed by atoms with van der Waals surface area (Å²) in [4.78, 5) is 12.0. The third kappa shape index (κ3) is 5.57. The van der Waals surface area contributed by atoms with Gasteiger partial charge in [-0.3, -0.25) is 10.1 Å². The average molecular weight is 361 g/mol. The number of anilines is 1. The Labute approximate surface area is 137 Å². The fourth-order valence-corrected chi connectivity index (χ4v) is 2.93. The van der Waals surface area contributed by atoms with Gasteiger partial charge in [-0.15, -0.1) is 29.9 Å². The predicted octanol–water partition coefficient (Wildman–Crippen LogP) is 3.97. The summed E-state index contributed by atoms with van der Waals surface area (Å²) >= 11 is 2.62. The van der Waals surface area contributed by atoms with Crippen molar-refractivity contribution in [2.45, 2.75) is 10.7 Å². The molecule has 0 unspecified atom stereocenters. The van der Waals surface area contributed by atoms with E-state index in [1.54, 1.807) is 6.08 Å². The second-order valence-electron chi connectivity index (χ2n) is 4.00. The Morgan fingerprint density at radius 3 is 2.65 bits per heavy atom. The molecule has 0 fully saturated rings. The number of nitrogens with zero attached hydrogens (tertiary/aromatic N) is 2. The summed E-state index contributed by atoms with van der Waals surface area (Å²) in [5, 5.41) is 10.5. The molecule has 1 heterocycles. The van der Waals surface area contributed by atoms with Crippen LogP contribution in [0.5, 0.6) is 5.75 Å². The lowest BCUT2D eigenvalue weighted by Crippen LogP contribution is -2.17. The van der Waals surface area contributed by atoms with E-state index in [2.05, 4.69) is 26.8 Å². The number of nitrogens with one attached hydrogen (secondary N) is 1. The summed E-state index contributed by atoms with van der Waals surface area (Å²) in [6, 6.07) is 4.58. The third-order valence-corrected chi connectivity index (χ3v) is 4.27. The molecular weight excluding hydrogens is 351 g/mol. The van der Waals surface area contributed by atoms with Gasteiger partial charge in [-0.2, -0.15) is 0 Å². The summed E-state index contributed by atoms with van der Waals surface area (Å²) in [7, 11) is 0. The zero-order chi connectivity index (χ0) is 16.9. The lowest BCUT2D eigenvalue weighted by atomic mass is 10.2. The topological polar surface area (TPSA) is 64.1 Å². The van der Waals surface area contributed by atoms with E-state index in [0.717, 1.165) is 12.1 Å². The van der Waals surface area contributed by atoms with Crippen molar-refractivity contribution >= 4 is 34.1 Å². The molecular formula is C13H10F3N3O2S2. The Kier molecular flexibility index (Phi) is 5.61. The molecule has 0 aliphatic rings. The smallest absolute Gasteiger partial charge is 0.406 e. The van der Waals surface area contributed by atoms with Crippen molar-refractivity contribution in [3.05, 3.63) is 42.5 Å². The number of carbonyl (C=O) groups excluding carboxylic acids is 1. The van der Waals surface area contributed by atoms with Gasteiger partial charge >= 0.3 is 6.36 Å². The Morgan fingerprint density at radius 1 is 1.35 bits per heavy atom. The lowest BCUT2D eigenvalue weighted by Gasteiger charge is -2.08. The minimum atomic E-state index is -4.77. The van der Waals surface area contributed by atoms with Crippen molar-refractivity contribution < 1.29 is 22.7 Å². The van der Waals surface area contributed by atoms with Crippen LogP contribution in [0.2, 0.25) is 0 Å². The highest BCUT2D eigenvalue weighted by Crippen LogP contribution is 2.26. The number of halogens is 3. The molecule has 0 bridgehead atoms. The quantitative estimate of drug-likeness (QED) is 0.479. The summed E-state index contributed by atoms with van der Waals surface area (Å²) in [5.74, 6) is -0.225. The van der Waals surface area contributed by atoms with Gasteiger partial charge in [0.25, 0.3) is 5.91 Å². The van der Waals surface area contributed by atoms with E-state index in [1.165, 1.54) is 35.2 Å². The van der Waals surface area contributed by atoms with Gasteiger partial charge < -0.3 is 4.74 Å². The molecule has 0 saturated heterocycles. The maximum Gasteiger partial charge on any atom is 0.573 e. The Bertz CT molecular complexity index is 687. The first kappa shape index (κ1) is 17.3. The summed E-state index contributed by atoms with van der Waals surface area (Å²) < 4.78 is 40.6. The molecule has 0 radical (unpaired) electrons. The van der Waals surface area contributed by atoms with Crippen molar-refractivity contribution in [2.24, 2.45) is 0 Å². The zero-order valence-corrected chi connectivity index (χ0v) is 13.1. The number of ether oxygens (including phenoxy) is 1. The molecule has 1 amide bonds. The molecule has 122 valence electrons. The molecule has 2 aromatic rings. The Morgan fingerprint density at radius 2 is 2.04 bits per heavy atom. The van der Waals surface area contributed by atoms with Gasteiger partial charge in [0.1, 0.15) is 5.75 Å². The number of hydrogen-bond donors (Lipinski definition) is 1.